The van der Waals surface area contributed by atoms with E-state index in [1.54, 1.807) is 0 Å². The predicted octanol–water partition coefficient (Wildman–Crippen LogP) is 0.555. The molecule has 0 rings (SSSR count). The van der Waals surface area contributed by atoms with Crippen LogP contribution in [0.15, 0.2) is 0 Å². The molecule has 0 saturated carbocycles. The van der Waals surface area contributed by atoms with Crippen LogP contribution < -0.4 is 11.5 Å². The number of rotatable bonds is 5. The van der Waals surface area contributed by atoms with Gasteiger partial charge in [0.05, 0.1) is 0 Å². The molecule has 0 saturated heterocycles. The molecule has 0 aliphatic heterocycles. The second-order valence-corrected chi connectivity index (χ2v) is 2.43. The Bertz CT molecular complexity index is 93.1. The highest BCUT2D eigenvalue weighted by Gasteiger charge is 1.87. The zero-order valence-corrected chi connectivity index (χ0v) is 7.75. The number of carboxylic acid groups (broad SMARTS) is 1. The molecule has 0 aliphatic rings. The van der Waals surface area contributed by atoms with Crippen molar-refractivity contribution in [1.82, 2.24) is 0 Å². The van der Waals surface area contributed by atoms with Crippen LogP contribution in [0.1, 0.15) is 32.6 Å². The molecule has 12 heavy (non-hydrogen) atoms. The summed E-state index contributed by atoms with van der Waals surface area (Å²) in [6.07, 6.45) is 3.16. The predicted molar refractivity (Wildman–Crippen MR) is 49.9 cm³/mol. The fourth-order valence-corrected chi connectivity index (χ4v) is 0.503. The monoisotopic (exact) mass is 176 g/mol. The van der Waals surface area contributed by atoms with Crippen LogP contribution in [0.4, 0.5) is 0 Å². The van der Waals surface area contributed by atoms with E-state index >= 15 is 0 Å². The Morgan fingerprint density at radius 2 is 1.67 bits per heavy atom. The van der Waals surface area contributed by atoms with Crippen LogP contribution in [-0.2, 0) is 4.79 Å². The fraction of sp³-hybridized carbons (Fsp3) is 0.875. The number of hydrogen-bond acceptors (Lipinski definition) is 3. The lowest BCUT2D eigenvalue weighted by Crippen LogP contribution is -2.03. The van der Waals surface area contributed by atoms with Crippen LogP contribution >= 0.6 is 0 Å². The average Bonchev–Trinajstić information content (AvgIpc) is 2.02. The van der Waals surface area contributed by atoms with Crippen LogP contribution in [0.5, 0.6) is 0 Å². The Kier molecular flexibility index (Phi) is 15.1. The molecule has 0 bridgehead atoms. The number of carbonyl (C=O) groups is 1. The first-order valence-corrected chi connectivity index (χ1v) is 4.30. The van der Waals surface area contributed by atoms with Crippen molar-refractivity contribution in [2.45, 2.75) is 32.6 Å². The summed E-state index contributed by atoms with van der Waals surface area (Å²) >= 11 is 0. The van der Waals surface area contributed by atoms with Crippen molar-refractivity contribution in [2.24, 2.45) is 11.5 Å². The summed E-state index contributed by atoms with van der Waals surface area (Å²) in [5, 5.41) is 7.91. The normalized spacial score (nSPS) is 8.58. The maximum atomic E-state index is 9.60. The lowest BCUT2D eigenvalue weighted by Gasteiger charge is -1.87. The highest BCUT2D eigenvalue weighted by Crippen LogP contribution is 1.82. The molecule has 4 heteroatoms. The minimum absolute atomic E-state index is 0.292. The Balaban J connectivity index is 0. The molecule has 0 aromatic heterocycles. The number of aliphatic carboxylic acids is 1. The Labute approximate surface area is 73.9 Å². The van der Waals surface area contributed by atoms with Gasteiger partial charge in [0.2, 0.25) is 0 Å². The third kappa shape index (κ3) is 22.8. The third-order valence-corrected chi connectivity index (χ3v) is 1.12. The molecular formula is C8H20N2O2. The second-order valence-electron chi connectivity index (χ2n) is 2.43. The van der Waals surface area contributed by atoms with Crippen molar-refractivity contribution in [2.75, 3.05) is 13.1 Å². The van der Waals surface area contributed by atoms with E-state index in [0.717, 1.165) is 32.4 Å². The molecule has 0 amide bonds. The molecule has 0 unspecified atom stereocenters. The summed E-state index contributed by atoms with van der Waals surface area (Å²) in [6.45, 7) is 3.39. The van der Waals surface area contributed by atoms with Gasteiger partial charge in [-0.05, 0) is 32.4 Å². The van der Waals surface area contributed by atoms with Crippen molar-refractivity contribution < 1.29 is 9.90 Å². The molecule has 0 aromatic carbocycles. The van der Waals surface area contributed by atoms with Crippen molar-refractivity contribution in [3.63, 3.8) is 0 Å². The van der Waals surface area contributed by atoms with Crippen LogP contribution in [-0.4, -0.2) is 24.2 Å². The summed E-state index contributed by atoms with van der Waals surface area (Å²) in [5.74, 6) is -0.711. The van der Waals surface area contributed by atoms with E-state index in [1.165, 1.54) is 0 Å². The van der Waals surface area contributed by atoms with E-state index in [9.17, 15) is 4.79 Å². The molecule has 5 N–H and O–H groups in total. The first-order valence-electron chi connectivity index (χ1n) is 4.30. The van der Waals surface area contributed by atoms with Gasteiger partial charge in [-0.1, -0.05) is 6.92 Å². The largest absolute Gasteiger partial charge is 0.481 e. The van der Waals surface area contributed by atoms with E-state index in [1.807, 2.05) is 6.92 Å². The Hall–Kier alpha value is -0.610. The number of carboxylic acids is 1. The van der Waals surface area contributed by atoms with Gasteiger partial charge in [-0.3, -0.25) is 4.79 Å². The summed E-state index contributed by atoms with van der Waals surface area (Å²) in [4.78, 5) is 9.60. The average molecular weight is 176 g/mol. The van der Waals surface area contributed by atoms with Gasteiger partial charge in [-0.2, -0.15) is 0 Å². The maximum Gasteiger partial charge on any atom is 0.303 e. The van der Waals surface area contributed by atoms with E-state index in [-0.39, 0.29) is 0 Å². The van der Waals surface area contributed by atoms with Gasteiger partial charge in [0.15, 0.2) is 0 Å². The van der Waals surface area contributed by atoms with Crippen molar-refractivity contribution in [1.29, 1.82) is 0 Å². The van der Waals surface area contributed by atoms with Crippen LogP contribution in [0, 0.1) is 0 Å². The highest BCUT2D eigenvalue weighted by molar-refractivity contribution is 5.66. The number of unbranched alkanes of at least 4 members (excludes halogenated alkanes) is 1. The topological polar surface area (TPSA) is 89.3 Å². The summed E-state index contributed by atoms with van der Waals surface area (Å²) in [7, 11) is 0. The van der Waals surface area contributed by atoms with Crippen molar-refractivity contribution in [3.05, 3.63) is 0 Å². The molecule has 0 fully saturated rings. The summed E-state index contributed by atoms with van der Waals surface area (Å²) in [5.41, 5.74) is 10.3. The smallest absolute Gasteiger partial charge is 0.303 e. The molecular weight excluding hydrogens is 156 g/mol. The molecule has 0 aliphatic carbocycles. The minimum Gasteiger partial charge on any atom is -0.481 e. The molecule has 74 valence electrons. The van der Waals surface area contributed by atoms with Gasteiger partial charge in [-0.25, -0.2) is 0 Å². The van der Waals surface area contributed by atoms with Crippen LogP contribution in [0.3, 0.4) is 0 Å². The lowest BCUT2D eigenvalue weighted by molar-refractivity contribution is -0.137. The van der Waals surface area contributed by atoms with E-state index in [0.29, 0.717) is 6.42 Å². The zero-order chi connectivity index (χ0) is 9.82. The standard InChI is InChI=1S/C4H12N2.C4H8O2/c5-3-1-2-4-6;1-2-3-4(5)6/h1-6H2;2-3H2,1H3,(H,5,6). The minimum atomic E-state index is -0.711. The zero-order valence-electron chi connectivity index (χ0n) is 7.75. The molecule has 0 atom stereocenters. The van der Waals surface area contributed by atoms with Gasteiger partial charge in [0.25, 0.3) is 0 Å². The van der Waals surface area contributed by atoms with E-state index in [4.69, 9.17) is 16.6 Å². The lowest BCUT2D eigenvalue weighted by atomic mass is 10.3. The van der Waals surface area contributed by atoms with Gasteiger partial charge in [-0.15, -0.1) is 0 Å². The highest BCUT2D eigenvalue weighted by atomic mass is 16.4. The van der Waals surface area contributed by atoms with E-state index in [2.05, 4.69) is 0 Å². The quantitative estimate of drug-likeness (QED) is 0.534. The molecule has 4 nitrogen and oxygen atoms in total. The second kappa shape index (κ2) is 13.0. The molecule has 0 heterocycles. The first-order chi connectivity index (χ1) is 5.68. The van der Waals surface area contributed by atoms with Crippen molar-refractivity contribution >= 4 is 5.97 Å². The molecule has 0 aromatic rings. The third-order valence-electron chi connectivity index (χ3n) is 1.12. The Morgan fingerprint density at radius 3 is 1.75 bits per heavy atom. The van der Waals surface area contributed by atoms with Gasteiger partial charge in [0, 0.05) is 6.42 Å². The van der Waals surface area contributed by atoms with Gasteiger partial charge in [0.1, 0.15) is 0 Å². The van der Waals surface area contributed by atoms with E-state index < -0.39 is 5.97 Å². The maximum absolute atomic E-state index is 9.60. The fourth-order valence-electron chi connectivity index (χ4n) is 0.503. The summed E-state index contributed by atoms with van der Waals surface area (Å²) in [6, 6.07) is 0. The van der Waals surface area contributed by atoms with Crippen LogP contribution in [0.25, 0.3) is 0 Å². The molecule has 0 radical (unpaired) electrons. The van der Waals surface area contributed by atoms with Crippen molar-refractivity contribution in [3.8, 4) is 0 Å². The molecule has 0 spiro atoms. The number of hydrogen-bond donors (Lipinski definition) is 3. The summed E-state index contributed by atoms with van der Waals surface area (Å²) < 4.78 is 0. The van der Waals surface area contributed by atoms with Gasteiger partial charge >= 0.3 is 5.97 Å². The number of nitrogens with two attached hydrogens (primary N) is 2. The Morgan fingerprint density at radius 1 is 1.25 bits per heavy atom. The van der Waals surface area contributed by atoms with Crippen LogP contribution in [0.2, 0.25) is 0 Å². The van der Waals surface area contributed by atoms with Gasteiger partial charge < -0.3 is 16.6 Å². The first kappa shape index (κ1) is 13.9. The SMILES string of the molecule is CCCC(=O)O.NCCCCN.